The maximum absolute atomic E-state index is 11.9. The maximum atomic E-state index is 11.9. The lowest BCUT2D eigenvalue weighted by molar-refractivity contribution is -0.139. The van der Waals surface area contributed by atoms with E-state index in [0.717, 1.165) is 33.1 Å². The number of nitrogens with one attached hydrogen (secondary N) is 1. The average Bonchev–Trinajstić information content (AvgIpc) is 2.90. The van der Waals surface area contributed by atoms with Crippen molar-refractivity contribution >= 4 is 43.3 Å². The summed E-state index contributed by atoms with van der Waals surface area (Å²) in [6.07, 6.45) is 1.14. The van der Waals surface area contributed by atoms with Crippen LogP contribution in [0.15, 0.2) is 95.5 Å². The van der Waals surface area contributed by atoms with Gasteiger partial charge in [0, 0.05) is 29.3 Å². The summed E-state index contributed by atoms with van der Waals surface area (Å²) in [5, 5.41) is 8.82. The molecule has 4 aromatic rings. The zero-order valence-corrected chi connectivity index (χ0v) is 24.4. The second-order valence-corrected chi connectivity index (χ2v) is 11.8. The van der Waals surface area contributed by atoms with Crippen LogP contribution in [0.3, 0.4) is 0 Å². The Morgan fingerprint density at radius 3 is 2.30 bits per heavy atom. The molecular formula is C30H29BrN2O6S. The molecule has 10 heteroatoms. The van der Waals surface area contributed by atoms with Crippen LogP contribution in [0.4, 0.5) is 11.4 Å². The average molecular weight is 626 g/mol. The number of halogens is 1. The number of hydrogen-bond donors (Lipinski definition) is 2. The predicted octanol–water partition coefficient (Wildman–Crippen LogP) is 6.59. The third-order valence-corrected chi connectivity index (χ3v) is 7.32. The largest absolute Gasteiger partial charge is 0.482 e. The van der Waals surface area contributed by atoms with Crippen molar-refractivity contribution in [1.82, 2.24) is 0 Å². The molecule has 0 saturated heterocycles. The number of sulfonamides is 1. The van der Waals surface area contributed by atoms with Gasteiger partial charge >= 0.3 is 5.97 Å². The van der Waals surface area contributed by atoms with Crippen LogP contribution in [0.25, 0.3) is 0 Å². The van der Waals surface area contributed by atoms with Crippen LogP contribution in [-0.4, -0.2) is 32.4 Å². The summed E-state index contributed by atoms with van der Waals surface area (Å²) in [5.74, 6) is 0.496. The topological polar surface area (TPSA) is 105 Å². The Balaban J connectivity index is 1.56. The number of carboxylic acid groups (broad SMARTS) is 1. The first-order valence-electron chi connectivity index (χ1n) is 12.3. The van der Waals surface area contributed by atoms with Crippen LogP contribution >= 0.6 is 15.9 Å². The van der Waals surface area contributed by atoms with Crippen molar-refractivity contribution < 1.29 is 27.8 Å². The van der Waals surface area contributed by atoms with Gasteiger partial charge in [-0.25, -0.2) is 13.2 Å². The SMILES string of the molecule is Cc1c(NS(C)(=O)=O)cccc1N(Cc1ccc(Oc2cccc(OCC(=O)O)c2)cc1)Cc1ccccc1Br. The van der Waals surface area contributed by atoms with E-state index in [0.29, 0.717) is 36.0 Å². The second kappa shape index (κ2) is 12.9. The van der Waals surface area contributed by atoms with Gasteiger partial charge in [0.1, 0.15) is 17.2 Å². The number of anilines is 2. The first-order valence-corrected chi connectivity index (χ1v) is 15.0. The van der Waals surface area contributed by atoms with Crippen LogP contribution in [0.5, 0.6) is 17.2 Å². The number of benzene rings is 4. The van der Waals surface area contributed by atoms with Crippen molar-refractivity contribution in [1.29, 1.82) is 0 Å². The number of carbonyl (C=O) groups is 1. The van der Waals surface area contributed by atoms with Gasteiger partial charge in [0.2, 0.25) is 10.0 Å². The quantitative estimate of drug-likeness (QED) is 0.183. The molecule has 0 aliphatic carbocycles. The van der Waals surface area contributed by atoms with Crippen LogP contribution in [0, 0.1) is 6.92 Å². The summed E-state index contributed by atoms with van der Waals surface area (Å²) in [6.45, 7) is 2.62. The van der Waals surface area contributed by atoms with Gasteiger partial charge in [0.05, 0.1) is 11.9 Å². The van der Waals surface area contributed by atoms with E-state index < -0.39 is 22.6 Å². The highest BCUT2D eigenvalue weighted by atomic mass is 79.9. The molecule has 4 rings (SSSR count). The van der Waals surface area contributed by atoms with E-state index in [-0.39, 0.29) is 0 Å². The summed E-state index contributed by atoms with van der Waals surface area (Å²) in [6, 6.07) is 28.1. The fraction of sp³-hybridized carbons (Fsp3) is 0.167. The van der Waals surface area contributed by atoms with Crippen molar-refractivity contribution in [3.8, 4) is 17.2 Å². The lowest BCUT2D eigenvalue weighted by atomic mass is 10.1. The van der Waals surface area contributed by atoms with Crippen LogP contribution in [-0.2, 0) is 27.9 Å². The van der Waals surface area contributed by atoms with Gasteiger partial charge in [-0.2, -0.15) is 0 Å². The fourth-order valence-corrected chi connectivity index (χ4v) is 5.16. The van der Waals surface area contributed by atoms with Crippen LogP contribution in [0.1, 0.15) is 16.7 Å². The van der Waals surface area contributed by atoms with Gasteiger partial charge in [-0.3, -0.25) is 4.72 Å². The molecular weight excluding hydrogens is 596 g/mol. The Hall–Kier alpha value is -4.02. The van der Waals surface area contributed by atoms with E-state index in [1.54, 1.807) is 30.3 Å². The summed E-state index contributed by atoms with van der Waals surface area (Å²) in [7, 11) is -3.43. The van der Waals surface area contributed by atoms with E-state index in [4.69, 9.17) is 14.6 Å². The number of aliphatic carboxylic acids is 1. The molecule has 8 nitrogen and oxygen atoms in total. The minimum Gasteiger partial charge on any atom is -0.482 e. The zero-order valence-electron chi connectivity index (χ0n) is 22.0. The number of carboxylic acids is 1. The lowest BCUT2D eigenvalue weighted by Crippen LogP contribution is -2.24. The van der Waals surface area contributed by atoms with Crippen molar-refractivity contribution in [2.45, 2.75) is 20.0 Å². The molecule has 0 aliphatic heterocycles. The summed E-state index contributed by atoms with van der Waals surface area (Å²) in [4.78, 5) is 13.0. The molecule has 0 aromatic heterocycles. The molecule has 0 saturated carbocycles. The molecule has 0 heterocycles. The van der Waals surface area contributed by atoms with Gasteiger partial charge in [-0.1, -0.05) is 58.4 Å². The fourth-order valence-electron chi connectivity index (χ4n) is 4.13. The van der Waals surface area contributed by atoms with Crippen molar-refractivity contribution in [2.75, 3.05) is 22.5 Å². The molecule has 0 aliphatic rings. The Morgan fingerprint density at radius 2 is 1.60 bits per heavy atom. The Kier molecular flexibility index (Phi) is 9.34. The lowest BCUT2D eigenvalue weighted by Gasteiger charge is -2.28. The van der Waals surface area contributed by atoms with E-state index in [9.17, 15) is 13.2 Å². The molecule has 0 unspecified atom stereocenters. The van der Waals surface area contributed by atoms with Crippen molar-refractivity contribution in [3.63, 3.8) is 0 Å². The standard InChI is InChI=1S/C30H29BrN2O6S/c1-21-28(32-40(2,36)37)11-6-12-29(21)33(19-23-7-3-4-10-27(23)31)18-22-13-15-24(16-14-22)39-26-9-5-8-25(17-26)38-20-30(34)35/h3-17,32H,18-20H2,1-2H3,(H,34,35). The third kappa shape index (κ3) is 8.24. The van der Waals surface area contributed by atoms with Crippen molar-refractivity contribution in [3.05, 3.63) is 112 Å². The van der Waals surface area contributed by atoms with Crippen LogP contribution in [0.2, 0.25) is 0 Å². The monoisotopic (exact) mass is 624 g/mol. The molecule has 2 N–H and O–H groups in total. The Morgan fingerprint density at radius 1 is 0.900 bits per heavy atom. The third-order valence-electron chi connectivity index (χ3n) is 5.96. The normalized spacial score (nSPS) is 11.1. The van der Waals surface area contributed by atoms with E-state index in [1.807, 2.05) is 61.5 Å². The molecule has 4 aromatic carbocycles. The number of hydrogen-bond acceptors (Lipinski definition) is 6. The van der Waals surface area contributed by atoms with Gasteiger partial charge < -0.3 is 19.5 Å². The minimum absolute atomic E-state index is 0.405. The predicted molar refractivity (Wildman–Crippen MR) is 160 cm³/mol. The molecule has 0 amide bonds. The first-order chi connectivity index (χ1) is 19.1. The second-order valence-electron chi connectivity index (χ2n) is 9.17. The minimum atomic E-state index is -3.43. The van der Waals surface area contributed by atoms with Crippen molar-refractivity contribution in [2.24, 2.45) is 0 Å². The Labute approximate surface area is 242 Å². The molecule has 0 bridgehead atoms. The molecule has 0 spiro atoms. The first kappa shape index (κ1) is 29.0. The zero-order chi connectivity index (χ0) is 28.7. The molecule has 40 heavy (non-hydrogen) atoms. The van der Waals surface area contributed by atoms with E-state index >= 15 is 0 Å². The van der Waals surface area contributed by atoms with E-state index in [2.05, 4.69) is 31.6 Å². The van der Waals surface area contributed by atoms with Gasteiger partial charge in [0.15, 0.2) is 6.61 Å². The van der Waals surface area contributed by atoms with Gasteiger partial charge in [-0.15, -0.1) is 0 Å². The number of ether oxygens (including phenoxy) is 2. The maximum Gasteiger partial charge on any atom is 0.341 e. The number of nitrogens with zero attached hydrogens (tertiary/aromatic N) is 1. The number of rotatable bonds is 12. The Bertz CT molecular complexity index is 1590. The summed E-state index contributed by atoms with van der Waals surface area (Å²) in [5.41, 5.74) is 4.38. The van der Waals surface area contributed by atoms with Crippen LogP contribution < -0.4 is 19.1 Å². The highest BCUT2D eigenvalue weighted by Crippen LogP contribution is 2.32. The highest BCUT2D eigenvalue weighted by Gasteiger charge is 2.16. The smallest absolute Gasteiger partial charge is 0.341 e. The van der Waals surface area contributed by atoms with Gasteiger partial charge in [-0.05, 0) is 66.1 Å². The molecule has 0 fully saturated rings. The molecule has 208 valence electrons. The van der Waals surface area contributed by atoms with Gasteiger partial charge in [0.25, 0.3) is 0 Å². The van der Waals surface area contributed by atoms with E-state index in [1.165, 1.54) is 0 Å². The summed E-state index contributed by atoms with van der Waals surface area (Å²) < 4.78 is 38.6. The molecule has 0 atom stereocenters. The molecule has 0 radical (unpaired) electrons. The highest BCUT2D eigenvalue weighted by molar-refractivity contribution is 9.10. The summed E-state index contributed by atoms with van der Waals surface area (Å²) >= 11 is 3.65.